The van der Waals surface area contributed by atoms with E-state index in [-0.39, 0.29) is 6.79 Å². The van der Waals surface area contributed by atoms with Crippen LogP contribution in [0.25, 0.3) is 10.4 Å². The van der Waals surface area contributed by atoms with Crippen LogP contribution in [0.4, 0.5) is 0 Å². The van der Waals surface area contributed by atoms with Crippen molar-refractivity contribution in [2.75, 3.05) is 6.79 Å². The topological polar surface area (TPSA) is 57.4 Å². The fourth-order valence-corrected chi connectivity index (χ4v) is 3.59. The number of ether oxygens (including phenoxy) is 2. The van der Waals surface area contributed by atoms with Gasteiger partial charge in [0.05, 0.1) is 4.88 Å². The van der Waals surface area contributed by atoms with Crippen LogP contribution >= 0.6 is 27.3 Å². The molecule has 0 fully saturated rings. The maximum absolute atomic E-state index is 5.62. The molecule has 1 aromatic heterocycles. The van der Waals surface area contributed by atoms with E-state index in [0.29, 0.717) is 6.54 Å². The van der Waals surface area contributed by atoms with Crippen molar-refractivity contribution in [3.8, 4) is 21.9 Å². The van der Waals surface area contributed by atoms with Crippen molar-refractivity contribution in [2.24, 2.45) is 5.73 Å². The van der Waals surface area contributed by atoms with E-state index in [1.54, 1.807) is 11.3 Å². The molecule has 0 saturated heterocycles. The second-order valence-corrected chi connectivity index (χ2v) is 5.79. The van der Waals surface area contributed by atoms with Crippen LogP contribution in [-0.4, -0.2) is 11.8 Å². The van der Waals surface area contributed by atoms with E-state index in [4.69, 9.17) is 15.2 Å². The Labute approximate surface area is 117 Å². The Morgan fingerprint density at radius 1 is 1.39 bits per heavy atom. The maximum Gasteiger partial charge on any atom is 0.231 e. The third kappa shape index (κ3) is 1.90. The van der Waals surface area contributed by atoms with Gasteiger partial charge in [-0.15, -0.1) is 11.3 Å². The van der Waals surface area contributed by atoms with Gasteiger partial charge in [0.25, 0.3) is 0 Å². The molecule has 0 unspecified atom stereocenters. The van der Waals surface area contributed by atoms with Gasteiger partial charge in [0.15, 0.2) is 11.5 Å². The molecule has 6 heteroatoms. The molecule has 2 aromatic rings. The monoisotopic (exact) mass is 326 g/mol. The molecule has 0 amide bonds. The zero-order valence-electron chi connectivity index (χ0n) is 9.70. The van der Waals surface area contributed by atoms with E-state index in [1.807, 2.05) is 19.1 Å². The lowest BCUT2D eigenvalue weighted by atomic mass is 10.1. The summed E-state index contributed by atoms with van der Waals surface area (Å²) in [5.74, 6) is 1.58. The minimum Gasteiger partial charge on any atom is -0.454 e. The Kier molecular flexibility index (Phi) is 3.01. The number of nitrogens with zero attached hydrogens (tertiary/aromatic N) is 1. The van der Waals surface area contributed by atoms with Crippen molar-refractivity contribution in [1.82, 2.24) is 4.98 Å². The summed E-state index contributed by atoms with van der Waals surface area (Å²) in [7, 11) is 0. The summed E-state index contributed by atoms with van der Waals surface area (Å²) >= 11 is 5.07. The third-order valence-electron chi connectivity index (χ3n) is 2.77. The molecule has 0 spiro atoms. The first-order valence-corrected chi connectivity index (χ1v) is 7.06. The van der Waals surface area contributed by atoms with Gasteiger partial charge in [0, 0.05) is 12.1 Å². The second-order valence-electron chi connectivity index (χ2n) is 3.95. The molecule has 4 nitrogen and oxygen atoms in total. The maximum atomic E-state index is 5.62. The zero-order chi connectivity index (χ0) is 12.7. The van der Waals surface area contributed by atoms with Crippen LogP contribution in [0.5, 0.6) is 11.5 Å². The van der Waals surface area contributed by atoms with Crippen molar-refractivity contribution in [2.45, 2.75) is 13.5 Å². The summed E-state index contributed by atoms with van der Waals surface area (Å²) in [5.41, 5.74) is 7.85. The SMILES string of the molecule is Cc1cc2c(cc1-c1sc(CN)nc1Br)OCO2. The van der Waals surface area contributed by atoms with Crippen molar-refractivity contribution in [3.63, 3.8) is 0 Å². The van der Waals surface area contributed by atoms with Gasteiger partial charge in [0.1, 0.15) is 9.61 Å². The van der Waals surface area contributed by atoms with Gasteiger partial charge in [0.2, 0.25) is 6.79 Å². The van der Waals surface area contributed by atoms with Gasteiger partial charge >= 0.3 is 0 Å². The standard InChI is InChI=1S/C12H11BrN2O2S/c1-6-2-8-9(17-5-16-8)3-7(6)11-12(13)15-10(4-14)18-11/h2-3H,4-5,14H2,1H3. The highest BCUT2D eigenvalue weighted by Gasteiger charge is 2.19. The van der Waals surface area contributed by atoms with Gasteiger partial charge in [-0.2, -0.15) is 0 Å². The molecule has 1 aliphatic heterocycles. The van der Waals surface area contributed by atoms with Gasteiger partial charge in [-0.3, -0.25) is 0 Å². The molecule has 0 atom stereocenters. The first kappa shape index (κ1) is 12.0. The summed E-state index contributed by atoms with van der Waals surface area (Å²) in [5, 5.41) is 0.911. The Morgan fingerprint density at radius 2 is 2.11 bits per heavy atom. The number of hydrogen-bond donors (Lipinski definition) is 1. The van der Waals surface area contributed by atoms with Crippen LogP contribution in [0.15, 0.2) is 16.7 Å². The molecule has 2 heterocycles. The van der Waals surface area contributed by atoms with E-state index in [0.717, 1.165) is 37.1 Å². The number of rotatable bonds is 2. The van der Waals surface area contributed by atoms with Gasteiger partial charge < -0.3 is 15.2 Å². The van der Waals surface area contributed by atoms with E-state index >= 15 is 0 Å². The van der Waals surface area contributed by atoms with Crippen LogP contribution < -0.4 is 15.2 Å². The van der Waals surface area contributed by atoms with E-state index in [9.17, 15) is 0 Å². The Morgan fingerprint density at radius 3 is 2.78 bits per heavy atom. The number of hydrogen-bond acceptors (Lipinski definition) is 5. The first-order valence-electron chi connectivity index (χ1n) is 5.45. The number of nitrogens with two attached hydrogens (primary N) is 1. The lowest BCUT2D eigenvalue weighted by Gasteiger charge is -2.05. The predicted octanol–water partition coefficient (Wildman–Crippen LogP) is 3.07. The largest absolute Gasteiger partial charge is 0.454 e. The fourth-order valence-electron chi connectivity index (χ4n) is 1.88. The summed E-state index contributed by atoms with van der Waals surface area (Å²) in [6, 6.07) is 3.99. The molecule has 0 saturated carbocycles. The third-order valence-corrected chi connectivity index (χ3v) is 4.72. The molecular formula is C12H11BrN2O2S. The quantitative estimate of drug-likeness (QED) is 0.921. The van der Waals surface area contributed by atoms with E-state index in [2.05, 4.69) is 20.9 Å². The van der Waals surface area contributed by atoms with E-state index < -0.39 is 0 Å². The van der Waals surface area contributed by atoms with Crippen molar-refractivity contribution in [1.29, 1.82) is 0 Å². The lowest BCUT2D eigenvalue weighted by molar-refractivity contribution is 0.174. The number of thiazole rings is 1. The average Bonchev–Trinajstić information content (AvgIpc) is 2.93. The molecule has 94 valence electrons. The molecule has 0 aliphatic carbocycles. The van der Waals surface area contributed by atoms with Crippen molar-refractivity contribution in [3.05, 3.63) is 27.3 Å². The van der Waals surface area contributed by atoms with Gasteiger partial charge in [-0.1, -0.05) is 0 Å². The predicted molar refractivity (Wildman–Crippen MR) is 74.0 cm³/mol. The van der Waals surface area contributed by atoms with Crippen LogP contribution in [-0.2, 0) is 6.54 Å². The number of aromatic nitrogens is 1. The summed E-state index contributed by atoms with van der Waals surface area (Å²) in [6.45, 7) is 2.79. The minimum atomic E-state index is 0.288. The first-order chi connectivity index (χ1) is 8.69. The smallest absolute Gasteiger partial charge is 0.231 e. The fraction of sp³-hybridized carbons (Fsp3) is 0.250. The normalized spacial score (nSPS) is 13.1. The second kappa shape index (κ2) is 4.53. The lowest BCUT2D eigenvalue weighted by Crippen LogP contribution is -1.93. The highest BCUT2D eigenvalue weighted by molar-refractivity contribution is 9.10. The van der Waals surface area contributed by atoms with Gasteiger partial charge in [-0.05, 0) is 40.5 Å². The minimum absolute atomic E-state index is 0.288. The highest BCUT2D eigenvalue weighted by Crippen LogP contribution is 2.42. The number of halogens is 1. The molecule has 3 rings (SSSR count). The Bertz CT molecular complexity index is 612. The Hall–Kier alpha value is -1.11. The number of benzene rings is 1. The summed E-state index contributed by atoms with van der Waals surface area (Å²) in [6.07, 6.45) is 0. The van der Waals surface area contributed by atoms with Crippen molar-refractivity contribution < 1.29 is 9.47 Å². The molecule has 0 bridgehead atoms. The molecule has 1 aliphatic rings. The molecule has 2 N–H and O–H groups in total. The summed E-state index contributed by atoms with van der Waals surface area (Å²) < 4.78 is 11.6. The number of aryl methyl sites for hydroxylation is 1. The molecule has 0 radical (unpaired) electrons. The summed E-state index contributed by atoms with van der Waals surface area (Å²) in [4.78, 5) is 5.45. The molecule has 18 heavy (non-hydrogen) atoms. The Balaban J connectivity index is 2.13. The van der Waals surface area contributed by atoms with Crippen LogP contribution in [0.2, 0.25) is 0 Å². The highest BCUT2D eigenvalue weighted by atomic mass is 79.9. The average molecular weight is 327 g/mol. The van der Waals surface area contributed by atoms with Crippen molar-refractivity contribution >= 4 is 27.3 Å². The van der Waals surface area contributed by atoms with Crippen LogP contribution in [0.1, 0.15) is 10.6 Å². The zero-order valence-corrected chi connectivity index (χ0v) is 12.1. The number of fused-ring (bicyclic) bond motifs is 1. The van der Waals surface area contributed by atoms with Crippen LogP contribution in [0, 0.1) is 6.92 Å². The van der Waals surface area contributed by atoms with E-state index in [1.165, 1.54) is 0 Å². The molecular weight excluding hydrogens is 316 g/mol. The van der Waals surface area contributed by atoms with Gasteiger partial charge in [-0.25, -0.2) is 4.98 Å². The molecule has 1 aromatic carbocycles. The van der Waals surface area contributed by atoms with Crippen LogP contribution in [0.3, 0.4) is 0 Å².